The lowest BCUT2D eigenvalue weighted by molar-refractivity contribution is -0.143. The number of methoxy groups -OCH3 is 1. The van der Waals surface area contributed by atoms with Crippen molar-refractivity contribution in [3.05, 3.63) is 33.1 Å². The van der Waals surface area contributed by atoms with Gasteiger partial charge in [0.1, 0.15) is 11.3 Å². The Labute approximate surface area is 163 Å². The molecule has 6 nitrogen and oxygen atoms in total. The summed E-state index contributed by atoms with van der Waals surface area (Å²) >= 11 is 6.47. The first-order valence-electron chi connectivity index (χ1n) is 8.31. The summed E-state index contributed by atoms with van der Waals surface area (Å²) in [5, 5.41) is 0.281. The number of benzene rings is 1. The number of ether oxygens (including phenoxy) is 2. The van der Waals surface area contributed by atoms with E-state index in [-0.39, 0.29) is 22.0 Å². The molecule has 27 heavy (non-hydrogen) atoms. The molecule has 0 atom stereocenters. The first-order valence-corrected chi connectivity index (χ1v) is 8.69. The predicted molar refractivity (Wildman–Crippen MR) is 105 cm³/mol. The van der Waals surface area contributed by atoms with Gasteiger partial charge in [-0.1, -0.05) is 17.5 Å². The summed E-state index contributed by atoms with van der Waals surface area (Å²) in [5.41, 5.74) is 0.0828. The molecule has 0 unspecified atom stereocenters. The topological polar surface area (TPSA) is 62.5 Å². The summed E-state index contributed by atoms with van der Waals surface area (Å²) in [6.07, 6.45) is 0. The molecule has 0 saturated heterocycles. The van der Waals surface area contributed by atoms with Crippen molar-refractivity contribution in [2.45, 2.75) is 27.7 Å². The Balaban J connectivity index is 2.80. The molecule has 0 aliphatic carbocycles. The summed E-state index contributed by atoms with van der Waals surface area (Å²) in [5.74, 6) is 5.72. The van der Waals surface area contributed by atoms with E-state index in [9.17, 15) is 9.59 Å². The van der Waals surface area contributed by atoms with Crippen molar-refractivity contribution in [2.24, 2.45) is 19.5 Å². The van der Waals surface area contributed by atoms with Crippen LogP contribution in [0.4, 0.5) is 0 Å². The summed E-state index contributed by atoms with van der Waals surface area (Å²) in [4.78, 5) is 25.3. The van der Waals surface area contributed by atoms with Crippen LogP contribution in [0.5, 0.6) is 11.6 Å². The van der Waals surface area contributed by atoms with Crippen molar-refractivity contribution in [1.82, 2.24) is 9.36 Å². The normalized spacial score (nSPS) is 11.0. The molecule has 1 aromatic carbocycles. The van der Waals surface area contributed by atoms with Gasteiger partial charge in [0.15, 0.2) is 0 Å². The molecule has 2 rings (SSSR count). The zero-order chi connectivity index (χ0) is 20.5. The zero-order valence-electron chi connectivity index (χ0n) is 16.6. The predicted octanol–water partition coefficient (Wildman–Crippen LogP) is 3.38. The molecule has 1 aromatic heterocycles. The SMILES string of the molecule is CC#Cc1cc(Cl)c(-c2c(OC(=O)C(C)(C)C)n(C)n(C)c2=O)c(OC)c1. The van der Waals surface area contributed by atoms with E-state index in [1.807, 2.05) is 0 Å². The Morgan fingerprint density at radius 2 is 1.78 bits per heavy atom. The lowest BCUT2D eigenvalue weighted by Crippen LogP contribution is -2.26. The van der Waals surface area contributed by atoms with Crippen molar-refractivity contribution >= 4 is 17.6 Å². The quantitative estimate of drug-likeness (QED) is 0.595. The molecule has 0 N–H and O–H groups in total. The Kier molecular flexibility index (Phi) is 5.76. The fraction of sp³-hybridized carbons (Fsp3) is 0.400. The lowest BCUT2D eigenvalue weighted by atomic mass is 9.97. The molecule has 2 aromatic rings. The molecule has 0 bridgehead atoms. The summed E-state index contributed by atoms with van der Waals surface area (Å²) in [6.45, 7) is 6.93. The molecule has 0 fully saturated rings. The minimum atomic E-state index is -0.738. The highest BCUT2D eigenvalue weighted by atomic mass is 35.5. The Bertz CT molecular complexity index is 1010. The van der Waals surface area contributed by atoms with Crippen LogP contribution in [0, 0.1) is 17.3 Å². The monoisotopic (exact) mass is 390 g/mol. The first-order chi connectivity index (χ1) is 12.5. The van der Waals surface area contributed by atoms with E-state index in [1.54, 1.807) is 53.9 Å². The van der Waals surface area contributed by atoms with Crippen molar-refractivity contribution in [3.63, 3.8) is 0 Å². The van der Waals surface area contributed by atoms with Gasteiger partial charge in [0.2, 0.25) is 5.88 Å². The van der Waals surface area contributed by atoms with E-state index < -0.39 is 11.4 Å². The van der Waals surface area contributed by atoms with E-state index in [0.717, 1.165) is 0 Å². The fourth-order valence-electron chi connectivity index (χ4n) is 2.46. The number of esters is 1. The van der Waals surface area contributed by atoms with Crippen LogP contribution in [-0.4, -0.2) is 22.4 Å². The van der Waals surface area contributed by atoms with Gasteiger partial charge in [-0.15, -0.1) is 5.92 Å². The second-order valence-corrected chi connectivity index (χ2v) is 7.49. The largest absolute Gasteiger partial charge is 0.496 e. The third-order valence-electron chi connectivity index (χ3n) is 4.06. The van der Waals surface area contributed by atoms with E-state index in [0.29, 0.717) is 16.9 Å². The summed E-state index contributed by atoms with van der Waals surface area (Å²) in [7, 11) is 4.69. The number of aromatic nitrogens is 2. The maximum atomic E-state index is 12.9. The fourth-order valence-corrected chi connectivity index (χ4v) is 2.77. The minimum Gasteiger partial charge on any atom is -0.496 e. The molecule has 7 heteroatoms. The highest BCUT2D eigenvalue weighted by Gasteiger charge is 2.30. The second kappa shape index (κ2) is 7.53. The number of carbonyl (C=O) groups excluding carboxylic acids is 1. The number of halogens is 1. The van der Waals surface area contributed by atoms with Gasteiger partial charge in [-0.25, -0.2) is 0 Å². The van der Waals surface area contributed by atoms with Gasteiger partial charge < -0.3 is 9.47 Å². The molecular formula is C20H23ClN2O4. The summed E-state index contributed by atoms with van der Waals surface area (Å²) in [6, 6.07) is 3.34. The van der Waals surface area contributed by atoms with Gasteiger partial charge in [-0.3, -0.25) is 19.0 Å². The maximum absolute atomic E-state index is 12.9. The molecule has 0 radical (unpaired) electrons. The van der Waals surface area contributed by atoms with Gasteiger partial charge in [0.05, 0.1) is 23.1 Å². The van der Waals surface area contributed by atoms with Crippen LogP contribution in [0.15, 0.2) is 16.9 Å². The van der Waals surface area contributed by atoms with E-state index in [4.69, 9.17) is 21.1 Å². The number of nitrogens with zero attached hydrogens (tertiary/aromatic N) is 2. The number of hydrogen-bond acceptors (Lipinski definition) is 4. The Morgan fingerprint density at radius 3 is 2.30 bits per heavy atom. The van der Waals surface area contributed by atoms with Crippen molar-refractivity contribution < 1.29 is 14.3 Å². The third kappa shape index (κ3) is 3.88. The van der Waals surface area contributed by atoms with Crippen molar-refractivity contribution in [2.75, 3.05) is 7.11 Å². The number of rotatable bonds is 3. The average Bonchev–Trinajstić information content (AvgIpc) is 2.78. The number of hydrogen-bond donors (Lipinski definition) is 0. The van der Waals surface area contributed by atoms with Crippen LogP contribution in [-0.2, 0) is 18.9 Å². The van der Waals surface area contributed by atoms with Crippen molar-refractivity contribution in [3.8, 4) is 34.6 Å². The molecule has 0 spiro atoms. The Morgan fingerprint density at radius 1 is 1.15 bits per heavy atom. The van der Waals surface area contributed by atoms with Crippen LogP contribution in [0.1, 0.15) is 33.3 Å². The smallest absolute Gasteiger partial charge is 0.317 e. The molecule has 1 heterocycles. The minimum absolute atomic E-state index is 0.108. The van der Waals surface area contributed by atoms with Crippen LogP contribution in [0.3, 0.4) is 0 Å². The first kappa shape index (κ1) is 20.7. The van der Waals surface area contributed by atoms with Crippen LogP contribution >= 0.6 is 11.6 Å². The summed E-state index contributed by atoms with van der Waals surface area (Å²) < 4.78 is 13.9. The average molecular weight is 391 g/mol. The molecular weight excluding hydrogens is 368 g/mol. The maximum Gasteiger partial charge on any atom is 0.317 e. The zero-order valence-corrected chi connectivity index (χ0v) is 17.3. The number of carbonyl (C=O) groups is 1. The molecule has 0 saturated carbocycles. The second-order valence-electron chi connectivity index (χ2n) is 7.08. The van der Waals surface area contributed by atoms with Crippen LogP contribution in [0.2, 0.25) is 5.02 Å². The van der Waals surface area contributed by atoms with Gasteiger partial charge >= 0.3 is 5.97 Å². The van der Waals surface area contributed by atoms with Crippen LogP contribution < -0.4 is 15.0 Å². The molecule has 0 aliphatic rings. The van der Waals surface area contributed by atoms with E-state index in [2.05, 4.69) is 11.8 Å². The standard InChI is InChI=1S/C20H23ClN2O4/c1-8-9-12-10-13(21)15(14(11-12)26-7)16-17(24)22(5)23(6)18(16)27-19(25)20(2,3)4/h10-11H,1-7H3. The van der Waals surface area contributed by atoms with Crippen LogP contribution in [0.25, 0.3) is 11.1 Å². The van der Waals surface area contributed by atoms with E-state index in [1.165, 1.54) is 16.5 Å². The van der Waals surface area contributed by atoms with E-state index >= 15 is 0 Å². The van der Waals surface area contributed by atoms with Gasteiger partial charge in [-0.2, -0.15) is 0 Å². The molecule has 144 valence electrons. The third-order valence-corrected chi connectivity index (χ3v) is 4.36. The van der Waals surface area contributed by atoms with Gasteiger partial charge in [0.25, 0.3) is 5.56 Å². The highest BCUT2D eigenvalue weighted by Crippen LogP contribution is 2.40. The Hall–Kier alpha value is -2.65. The van der Waals surface area contributed by atoms with Crippen molar-refractivity contribution in [1.29, 1.82) is 0 Å². The van der Waals surface area contributed by atoms with Gasteiger partial charge in [0, 0.05) is 19.7 Å². The highest BCUT2D eigenvalue weighted by molar-refractivity contribution is 6.34. The molecule has 0 amide bonds. The van der Waals surface area contributed by atoms with Gasteiger partial charge in [-0.05, 0) is 39.8 Å². The molecule has 0 aliphatic heterocycles. The lowest BCUT2D eigenvalue weighted by Gasteiger charge is -2.18.